The highest BCUT2D eigenvalue weighted by molar-refractivity contribution is 5.38. The van der Waals surface area contributed by atoms with E-state index in [1.807, 2.05) is 26.0 Å². The molecular weight excluding hydrogens is 186 g/mol. The summed E-state index contributed by atoms with van der Waals surface area (Å²) in [6.45, 7) is 8.12. The van der Waals surface area contributed by atoms with Crippen molar-refractivity contribution in [3.63, 3.8) is 0 Å². The fourth-order valence-corrected chi connectivity index (χ4v) is 1.46. The van der Waals surface area contributed by atoms with E-state index >= 15 is 0 Å². The lowest BCUT2D eigenvalue weighted by atomic mass is 9.91. The van der Waals surface area contributed by atoms with Crippen molar-refractivity contribution in [3.8, 4) is 0 Å². The topological polar surface area (TPSA) is 29.4 Å². The summed E-state index contributed by atoms with van der Waals surface area (Å²) in [7, 11) is 0. The molecule has 0 amide bonds. The summed E-state index contributed by atoms with van der Waals surface area (Å²) in [5.41, 5.74) is 1.84. The van der Waals surface area contributed by atoms with Crippen LogP contribution in [0.1, 0.15) is 44.7 Å². The van der Waals surface area contributed by atoms with Gasteiger partial charge in [0.2, 0.25) is 6.08 Å². The summed E-state index contributed by atoms with van der Waals surface area (Å²) in [5.74, 6) is 0.487. The number of benzene rings is 1. The van der Waals surface area contributed by atoms with Crippen LogP contribution < -0.4 is 0 Å². The minimum Gasteiger partial charge on any atom is -0.211 e. The Balaban J connectivity index is 3.15. The Labute approximate surface area is 91.0 Å². The van der Waals surface area contributed by atoms with Crippen molar-refractivity contribution in [2.75, 3.05) is 0 Å². The Kier molecular flexibility index (Phi) is 3.43. The van der Waals surface area contributed by atoms with Crippen molar-refractivity contribution in [2.45, 2.75) is 39.2 Å². The monoisotopic (exact) mass is 203 g/mol. The van der Waals surface area contributed by atoms with E-state index in [-0.39, 0.29) is 0 Å². The van der Waals surface area contributed by atoms with Crippen LogP contribution in [-0.2, 0) is 10.3 Å². The number of aliphatic imine (C=N–C) groups is 1. The molecule has 1 aromatic rings. The summed E-state index contributed by atoms with van der Waals surface area (Å²) in [4.78, 5) is 14.1. The highest BCUT2D eigenvalue weighted by Gasteiger charge is 2.19. The SMILES string of the molecule is CC(C)c1cccc(C(C)(C)N=C=O)c1. The summed E-state index contributed by atoms with van der Waals surface area (Å²) in [5, 5.41) is 0. The van der Waals surface area contributed by atoms with Crippen LogP contribution in [0.3, 0.4) is 0 Å². The minimum atomic E-state index is -0.480. The highest BCUT2D eigenvalue weighted by atomic mass is 16.1. The molecule has 0 atom stereocenters. The van der Waals surface area contributed by atoms with Crippen molar-refractivity contribution in [3.05, 3.63) is 35.4 Å². The van der Waals surface area contributed by atoms with E-state index in [0.29, 0.717) is 5.92 Å². The van der Waals surface area contributed by atoms with Gasteiger partial charge in [0.25, 0.3) is 0 Å². The van der Waals surface area contributed by atoms with Gasteiger partial charge in [0.05, 0.1) is 5.54 Å². The Morgan fingerprint density at radius 1 is 1.33 bits per heavy atom. The molecule has 2 nitrogen and oxygen atoms in total. The highest BCUT2D eigenvalue weighted by Crippen LogP contribution is 2.26. The van der Waals surface area contributed by atoms with E-state index in [4.69, 9.17) is 0 Å². The van der Waals surface area contributed by atoms with Crippen LogP contribution in [0.4, 0.5) is 0 Å². The van der Waals surface area contributed by atoms with E-state index in [9.17, 15) is 4.79 Å². The largest absolute Gasteiger partial charge is 0.235 e. The quantitative estimate of drug-likeness (QED) is 0.547. The fourth-order valence-electron chi connectivity index (χ4n) is 1.46. The predicted molar refractivity (Wildman–Crippen MR) is 61.7 cm³/mol. The van der Waals surface area contributed by atoms with E-state index in [2.05, 4.69) is 31.0 Å². The lowest BCUT2D eigenvalue weighted by Crippen LogP contribution is -2.13. The smallest absolute Gasteiger partial charge is 0.211 e. The maximum absolute atomic E-state index is 10.3. The molecule has 0 aromatic heterocycles. The van der Waals surface area contributed by atoms with Gasteiger partial charge in [0, 0.05) is 0 Å². The van der Waals surface area contributed by atoms with Crippen molar-refractivity contribution in [2.24, 2.45) is 4.99 Å². The molecule has 0 N–H and O–H groups in total. The molecule has 0 aliphatic heterocycles. The second-order valence-corrected chi connectivity index (χ2v) is 4.54. The number of nitrogens with zero attached hydrogens (tertiary/aromatic N) is 1. The van der Waals surface area contributed by atoms with Crippen molar-refractivity contribution >= 4 is 6.08 Å². The molecule has 1 aromatic carbocycles. The van der Waals surface area contributed by atoms with Crippen LogP contribution in [0.5, 0.6) is 0 Å². The zero-order chi connectivity index (χ0) is 11.5. The lowest BCUT2D eigenvalue weighted by molar-refractivity contribution is 0.522. The van der Waals surface area contributed by atoms with Gasteiger partial charge in [-0.15, -0.1) is 0 Å². The molecule has 0 saturated carbocycles. The molecule has 0 unspecified atom stereocenters. The van der Waals surface area contributed by atoms with E-state index in [0.717, 1.165) is 5.56 Å². The van der Waals surface area contributed by atoms with Gasteiger partial charge in [0.15, 0.2) is 0 Å². The molecule has 0 heterocycles. The molecule has 0 fully saturated rings. The van der Waals surface area contributed by atoms with Gasteiger partial charge in [-0.2, -0.15) is 4.99 Å². The fraction of sp³-hybridized carbons (Fsp3) is 0.462. The average molecular weight is 203 g/mol. The molecule has 0 bridgehead atoms. The average Bonchev–Trinajstić information content (AvgIpc) is 2.18. The predicted octanol–water partition coefficient (Wildman–Crippen LogP) is 3.38. The zero-order valence-electron chi connectivity index (χ0n) is 9.74. The molecule has 15 heavy (non-hydrogen) atoms. The number of carbonyl (C=O) groups excluding carboxylic acids is 1. The first-order valence-electron chi connectivity index (χ1n) is 5.17. The van der Waals surface area contributed by atoms with Crippen LogP contribution in [0.15, 0.2) is 29.3 Å². The molecule has 0 aliphatic rings. The Morgan fingerprint density at radius 3 is 2.53 bits per heavy atom. The summed E-state index contributed by atoms with van der Waals surface area (Å²) >= 11 is 0. The van der Waals surface area contributed by atoms with Crippen LogP contribution in [0, 0.1) is 0 Å². The Bertz CT molecular complexity index is 387. The standard InChI is InChI=1S/C13H17NO/c1-10(2)11-6-5-7-12(8-11)13(3,4)14-9-15/h5-8,10H,1-4H3. The van der Waals surface area contributed by atoms with Crippen molar-refractivity contribution in [1.29, 1.82) is 0 Å². The molecule has 0 saturated heterocycles. The zero-order valence-corrected chi connectivity index (χ0v) is 9.74. The molecular formula is C13H17NO. The van der Waals surface area contributed by atoms with Crippen molar-refractivity contribution < 1.29 is 4.79 Å². The van der Waals surface area contributed by atoms with Crippen molar-refractivity contribution in [1.82, 2.24) is 0 Å². The maximum atomic E-state index is 10.3. The van der Waals surface area contributed by atoms with Crippen LogP contribution in [0.2, 0.25) is 0 Å². The molecule has 0 radical (unpaired) electrons. The minimum absolute atomic E-state index is 0.480. The molecule has 0 aliphatic carbocycles. The van der Waals surface area contributed by atoms with Gasteiger partial charge in [-0.05, 0) is 30.9 Å². The van der Waals surface area contributed by atoms with Gasteiger partial charge in [-0.25, -0.2) is 4.79 Å². The van der Waals surface area contributed by atoms with Gasteiger partial charge in [0.1, 0.15) is 0 Å². The van der Waals surface area contributed by atoms with Gasteiger partial charge in [-0.1, -0.05) is 38.1 Å². The summed E-state index contributed by atoms with van der Waals surface area (Å²) in [6, 6.07) is 8.19. The van der Waals surface area contributed by atoms with Gasteiger partial charge in [-0.3, -0.25) is 0 Å². The van der Waals surface area contributed by atoms with E-state index in [1.54, 1.807) is 6.08 Å². The number of rotatable bonds is 3. The molecule has 0 spiro atoms. The Morgan fingerprint density at radius 2 is 2.00 bits per heavy atom. The molecule has 1 rings (SSSR count). The summed E-state index contributed by atoms with van der Waals surface area (Å²) in [6.07, 6.45) is 1.63. The second-order valence-electron chi connectivity index (χ2n) is 4.54. The van der Waals surface area contributed by atoms with E-state index in [1.165, 1.54) is 5.56 Å². The first-order chi connectivity index (χ1) is 6.97. The number of hydrogen-bond donors (Lipinski definition) is 0. The second kappa shape index (κ2) is 4.41. The van der Waals surface area contributed by atoms with Crippen LogP contribution in [-0.4, -0.2) is 6.08 Å². The van der Waals surface area contributed by atoms with Gasteiger partial charge >= 0.3 is 0 Å². The van der Waals surface area contributed by atoms with Crippen LogP contribution in [0.25, 0.3) is 0 Å². The molecule has 2 heteroatoms. The third-order valence-electron chi connectivity index (χ3n) is 2.58. The number of isocyanates is 1. The maximum Gasteiger partial charge on any atom is 0.235 e. The first-order valence-corrected chi connectivity index (χ1v) is 5.17. The number of hydrogen-bond acceptors (Lipinski definition) is 2. The summed E-state index contributed by atoms with van der Waals surface area (Å²) < 4.78 is 0. The first kappa shape index (κ1) is 11.7. The third kappa shape index (κ3) is 2.77. The third-order valence-corrected chi connectivity index (χ3v) is 2.58. The van der Waals surface area contributed by atoms with Gasteiger partial charge < -0.3 is 0 Å². The Hall–Kier alpha value is -1.40. The van der Waals surface area contributed by atoms with Crippen LogP contribution >= 0.6 is 0 Å². The van der Waals surface area contributed by atoms with E-state index < -0.39 is 5.54 Å². The lowest BCUT2D eigenvalue weighted by Gasteiger charge is -2.19. The molecule has 80 valence electrons. The normalized spacial score (nSPS) is 11.3.